The summed E-state index contributed by atoms with van der Waals surface area (Å²) in [6.07, 6.45) is 1.81. The third kappa shape index (κ3) is 4.08. The van der Waals surface area contributed by atoms with E-state index in [-0.39, 0.29) is 0 Å². The zero-order valence-electron chi connectivity index (χ0n) is 17.0. The number of aromatic nitrogens is 7. The highest BCUT2D eigenvalue weighted by Gasteiger charge is 2.14. The van der Waals surface area contributed by atoms with Crippen molar-refractivity contribution >= 4 is 0 Å². The van der Waals surface area contributed by atoms with Crippen molar-refractivity contribution in [2.24, 2.45) is 0 Å². The summed E-state index contributed by atoms with van der Waals surface area (Å²) in [6.45, 7) is 7.32. The van der Waals surface area contributed by atoms with Crippen LogP contribution in [0.3, 0.4) is 0 Å². The number of nitrogens with one attached hydrogen (secondary N) is 1. The molecular formula is C22H25N7. The smallest absolute Gasteiger partial charge is 0.180 e. The molecule has 0 aliphatic carbocycles. The Balaban J connectivity index is 1.60. The second kappa shape index (κ2) is 8.34. The second-order valence-electron chi connectivity index (χ2n) is 7.43. The lowest BCUT2D eigenvalue weighted by Crippen LogP contribution is -2.06. The number of aromatic amines is 1. The molecule has 0 unspecified atom stereocenters. The molecule has 0 bridgehead atoms. The first kappa shape index (κ1) is 19.0. The Kier molecular flexibility index (Phi) is 5.46. The van der Waals surface area contributed by atoms with Crippen LogP contribution < -0.4 is 0 Å². The monoisotopic (exact) mass is 387 g/mol. The standard InChI is InChI=1S/C22H25N7/c1-4-13-29-20(23-21(26-29)15(2)3)14-16-9-11-17(12-10-16)18-7-5-6-8-19(18)22-24-27-28-25-22/h5-12,15H,4,13-14H2,1-3H3,(H,24,25,27,28). The van der Waals surface area contributed by atoms with Gasteiger partial charge in [0.05, 0.1) is 0 Å². The van der Waals surface area contributed by atoms with E-state index in [9.17, 15) is 0 Å². The molecular weight excluding hydrogens is 362 g/mol. The van der Waals surface area contributed by atoms with Crippen LogP contribution in [-0.2, 0) is 13.0 Å². The van der Waals surface area contributed by atoms with Gasteiger partial charge in [0, 0.05) is 24.4 Å². The molecule has 7 heteroatoms. The minimum atomic E-state index is 0.330. The van der Waals surface area contributed by atoms with Gasteiger partial charge in [0.2, 0.25) is 0 Å². The summed E-state index contributed by atoms with van der Waals surface area (Å²) < 4.78 is 2.05. The average Bonchev–Trinajstić information content (AvgIpc) is 3.40. The molecule has 29 heavy (non-hydrogen) atoms. The van der Waals surface area contributed by atoms with E-state index in [1.807, 2.05) is 18.2 Å². The summed E-state index contributed by atoms with van der Waals surface area (Å²) in [4.78, 5) is 4.78. The van der Waals surface area contributed by atoms with E-state index in [1.165, 1.54) is 5.56 Å². The van der Waals surface area contributed by atoms with Crippen molar-refractivity contribution in [3.8, 4) is 22.5 Å². The van der Waals surface area contributed by atoms with Crippen molar-refractivity contribution < 1.29 is 0 Å². The SMILES string of the molecule is CCCn1nc(C(C)C)nc1Cc1ccc(-c2ccccc2-c2nnn[nH]2)cc1. The topological polar surface area (TPSA) is 85.2 Å². The van der Waals surface area contributed by atoms with Crippen LogP contribution in [0.2, 0.25) is 0 Å². The minimum Gasteiger partial charge on any atom is -0.249 e. The highest BCUT2D eigenvalue weighted by Crippen LogP contribution is 2.30. The molecule has 2 aromatic heterocycles. The summed E-state index contributed by atoms with van der Waals surface area (Å²) in [6, 6.07) is 16.7. The summed E-state index contributed by atoms with van der Waals surface area (Å²) in [7, 11) is 0. The van der Waals surface area contributed by atoms with E-state index in [0.29, 0.717) is 11.7 Å². The van der Waals surface area contributed by atoms with Gasteiger partial charge >= 0.3 is 0 Å². The molecule has 4 aromatic rings. The Morgan fingerprint density at radius 1 is 1.00 bits per heavy atom. The molecule has 0 radical (unpaired) electrons. The molecule has 0 aliphatic rings. The fraction of sp³-hybridized carbons (Fsp3) is 0.318. The fourth-order valence-electron chi connectivity index (χ4n) is 3.36. The first-order valence-corrected chi connectivity index (χ1v) is 10.0. The Morgan fingerprint density at radius 2 is 1.76 bits per heavy atom. The molecule has 0 saturated carbocycles. The number of H-pyrrole nitrogens is 1. The third-order valence-electron chi connectivity index (χ3n) is 4.87. The molecule has 0 amide bonds. The highest BCUT2D eigenvalue weighted by molar-refractivity contribution is 5.80. The maximum Gasteiger partial charge on any atom is 0.180 e. The molecule has 0 aliphatic heterocycles. The van der Waals surface area contributed by atoms with E-state index in [2.05, 4.69) is 81.5 Å². The van der Waals surface area contributed by atoms with Crippen LogP contribution in [-0.4, -0.2) is 35.4 Å². The summed E-state index contributed by atoms with van der Waals surface area (Å²) in [5.74, 6) is 2.94. The van der Waals surface area contributed by atoms with Gasteiger partial charge < -0.3 is 0 Å². The van der Waals surface area contributed by atoms with Gasteiger partial charge in [-0.1, -0.05) is 69.3 Å². The van der Waals surface area contributed by atoms with Crippen molar-refractivity contribution in [3.05, 3.63) is 65.7 Å². The summed E-state index contributed by atoms with van der Waals surface area (Å²) in [5.41, 5.74) is 4.41. The van der Waals surface area contributed by atoms with Crippen molar-refractivity contribution in [3.63, 3.8) is 0 Å². The average molecular weight is 387 g/mol. The van der Waals surface area contributed by atoms with E-state index in [4.69, 9.17) is 4.98 Å². The largest absolute Gasteiger partial charge is 0.249 e. The maximum absolute atomic E-state index is 4.78. The van der Waals surface area contributed by atoms with Crippen molar-refractivity contribution in [2.75, 3.05) is 0 Å². The first-order chi connectivity index (χ1) is 14.2. The fourth-order valence-corrected chi connectivity index (χ4v) is 3.36. The number of tetrazole rings is 1. The maximum atomic E-state index is 4.78. The van der Waals surface area contributed by atoms with Crippen molar-refractivity contribution in [1.82, 2.24) is 35.4 Å². The van der Waals surface area contributed by atoms with Gasteiger partial charge in [-0.2, -0.15) is 5.10 Å². The predicted molar refractivity (Wildman–Crippen MR) is 112 cm³/mol. The highest BCUT2D eigenvalue weighted by atomic mass is 15.5. The molecule has 2 aromatic carbocycles. The Labute approximate surface area is 170 Å². The van der Waals surface area contributed by atoms with E-state index in [1.54, 1.807) is 0 Å². The van der Waals surface area contributed by atoms with Crippen LogP contribution in [0.1, 0.15) is 50.3 Å². The molecule has 2 heterocycles. The molecule has 4 rings (SSSR count). The summed E-state index contributed by atoms with van der Waals surface area (Å²) >= 11 is 0. The molecule has 0 atom stereocenters. The first-order valence-electron chi connectivity index (χ1n) is 10.0. The Bertz CT molecular complexity index is 1060. The van der Waals surface area contributed by atoms with Crippen LogP contribution in [0.5, 0.6) is 0 Å². The number of nitrogens with zero attached hydrogens (tertiary/aromatic N) is 6. The molecule has 0 fully saturated rings. The van der Waals surface area contributed by atoms with Gasteiger partial charge in [-0.3, -0.25) is 0 Å². The molecule has 0 spiro atoms. The molecule has 148 valence electrons. The molecule has 0 saturated heterocycles. The lowest BCUT2D eigenvalue weighted by molar-refractivity contribution is 0.567. The molecule has 1 N–H and O–H groups in total. The van der Waals surface area contributed by atoms with E-state index >= 15 is 0 Å². The van der Waals surface area contributed by atoms with Crippen LogP contribution in [0, 0.1) is 0 Å². The predicted octanol–water partition coefficient (Wildman–Crippen LogP) is 4.25. The van der Waals surface area contributed by atoms with Crippen LogP contribution >= 0.6 is 0 Å². The number of rotatable bonds is 7. The number of aryl methyl sites for hydroxylation is 1. The van der Waals surface area contributed by atoms with Crippen LogP contribution in [0.25, 0.3) is 22.5 Å². The lowest BCUT2D eigenvalue weighted by Gasteiger charge is -2.09. The zero-order chi connectivity index (χ0) is 20.2. The van der Waals surface area contributed by atoms with Crippen LogP contribution in [0.15, 0.2) is 48.5 Å². The molecule has 7 nitrogen and oxygen atoms in total. The van der Waals surface area contributed by atoms with Gasteiger partial charge in [0.15, 0.2) is 11.6 Å². The van der Waals surface area contributed by atoms with E-state index < -0.39 is 0 Å². The normalized spacial score (nSPS) is 11.3. The minimum absolute atomic E-state index is 0.330. The van der Waals surface area contributed by atoms with Gasteiger partial charge in [-0.25, -0.2) is 14.8 Å². The zero-order valence-corrected chi connectivity index (χ0v) is 17.0. The quantitative estimate of drug-likeness (QED) is 0.512. The third-order valence-corrected chi connectivity index (χ3v) is 4.87. The van der Waals surface area contributed by atoms with Gasteiger partial charge in [0.1, 0.15) is 5.82 Å². The Hall–Kier alpha value is -3.35. The van der Waals surface area contributed by atoms with E-state index in [0.717, 1.165) is 47.7 Å². The number of hydrogen-bond donors (Lipinski definition) is 1. The van der Waals surface area contributed by atoms with Gasteiger partial charge in [0.25, 0.3) is 0 Å². The van der Waals surface area contributed by atoms with Crippen molar-refractivity contribution in [2.45, 2.75) is 46.1 Å². The van der Waals surface area contributed by atoms with Gasteiger partial charge in [-0.15, -0.1) is 5.10 Å². The lowest BCUT2D eigenvalue weighted by atomic mass is 9.98. The Morgan fingerprint density at radius 3 is 2.41 bits per heavy atom. The van der Waals surface area contributed by atoms with Gasteiger partial charge in [-0.05, 0) is 33.5 Å². The second-order valence-corrected chi connectivity index (χ2v) is 7.43. The van der Waals surface area contributed by atoms with Crippen molar-refractivity contribution in [1.29, 1.82) is 0 Å². The number of hydrogen-bond acceptors (Lipinski definition) is 5. The number of benzene rings is 2. The van der Waals surface area contributed by atoms with Crippen LogP contribution in [0.4, 0.5) is 0 Å². The summed E-state index contributed by atoms with van der Waals surface area (Å²) in [5, 5.41) is 19.0.